The molecule has 8 atom stereocenters. The largest absolute Gasteiger partial charge is 0.267 e. The maximum absolute atomic E-state index is 9.07. The summed E-state index contributed by atoms with van der Waals surface area (Å²) in [5.74, 6) is 6.52. The Kier molecular flexibility index (Phi) is 4.88. The topological polar surface area (TPSA) is 41.6 Å². The molecule has 0 aromatic carbocycles. The number of hydrogen-bond donors (Lipinski definition) is 0. The van der Waals surface area contributed by atoms with Gasteiger partial charge in [-0.25, -0.2) is 0 Å². The minimum absolute atomic E-state index is 0.429. The average molecular weight is 392 g/mol. The van der Waals surface area contributed by atoms with Crippen molar-refractivity contribution >= 4 is 0 Å². The summed E-state index contributed by atoms with van der Waals surface area (Å²) in [5, 5.41) is 13.4. The van der Waals surface area contributed by atoms with Crippen LogP contribution in [-0.4, -0.2) is 9.78 Å². The highest BCUT2D eigenvalue weighted by molar-refractivity contribution is 5.22. The predicted molar refractivity (Wildman–Crippen MR) is 116 cm³/mol. The molecule has 0 saturated heterocycles. The first-order valence-corrected chi connectivity index (χ1v) is 12.1. The van der Waals surface area contributed by atoms with Crippen LogP contribution in [-0.2, 0) is 6.54 Å². The predicted octanol–water partition coefficient (Wildman–Crippen LogP) is 6.22. The molecule has 0 bridgehead atoms. The first kappa shape index (κ1) is 19.4. The fraction of sp³-hybridized carbons (Fsp3) is 0.769. The highest BCUT2D eigenvalue weighted by Crippen LogP contribution is 2.65. The highest BCUT2D eigenvalue weighted by atomic mass is 15.3. The monoisotopic (exact) mass is 391 g/mol. The molecular weight excluding hydrogens is 354 g/mol. The van der Waals surface area contributed by atoms with Gasteiger partial charge in [0.25, 0.3) is 0 Å². The van der Waals surface area contributed by atoms with Gasteiger partial charge in [0.2, 0.25) is 0 Å². The van der Waals surface area contributed by atoms with Crippen LogP contribution in [0.5, 0.6) is 0 Å². The zero-order valence-electron chi connectivity index (χ0n) is 18.3. The molecule has 3 nitrogen and oxygen atoms in total. The Hall–Kier alpha value is -1.56. The van der Waals surface area contributed by atoms with Gasteiger partial charge in [-0.3, -0.25) is 4.68 Å². The molecule has 0 aliphatic heterocycles. The van der Waals surface area contributed by atoms with E-state index in [-0.39, 0.29) is 0 Å². The van der Waals surface area contributed by atoms with Crippen LogP contribution in [0.25, 0.3) is 0 Å². The molecule has 29 heavy (non-hydrogen) atoms. The minimum Gasteiger partial charge on any atom is -0.267 e. The van der Waals surface area contributed by atoms with Crippen molar-refractivity contribution in [3.05, 3.63) is 30.1 Å². The number of allylic oxidation sites excluding steroid dienone is 1. The first-order valence-electron chi connectivity index (χ1n) is 12.1. The van der Waals surface area contributed by atoms with Crippen LogP contribution < -0.4 is 0 Å². The summed E-state index contributed by atoms with van der Waals surface area (Å²) in [6, 6.07) is 2.19. The lowest BCUT2D eigenvalue weighted by Crippen LogP contribution is -2.48. The summed E-state index contributed by atoms with van der Waals surface area (Å²) in [7, 11) is 0. The van der Waals surface area contributed by atoms with Crippen LogP contribution in [0.15, 0.2) is 24.5 Å². The number of fused-ring (bicyclic) bond motifs is 5. The van der Waals surface area contributed by atoms with Gasteiger partial charge in [0.15, 0.2) is 0 Å². The second-order valence-electron chi connectivity index (χ2n) is 11.2. The summed E-state index contributed by atoms with van der Waals surface area (Å²) in [5.41, 5.74) is 2.41. The van der Waals surface area contributed by atoms with E-state index in [0.29, 0.717) is 16.9 Å². The van der Waals surface area contributed by atoms with E-state index >= 15 is 0 Å². The van der Waals surface area contributed by atoms with E-state index in [1.165, 1.54) is 63.4 Å². The Morgan fingerprint density at radius 2 is 2.00 bits per heavy atom. The first-order chi connectivity index (χ1) is 14.0. The van der Waals surface area contributed by atoms with E-state index in [1.54, 1.807) is 6.20 Å². The summed E-state index contributed by atoms with van der Waals surface area (Å²) in [4.78, 5) is 0. The van der Waals surface area contributed by atoms with Crippen molar-refractivity contribution in [2.75, 3.05) is 0 Å². The standard InChI is InChI=1S/C26H37N3/c1-17-4-6-21-20(12-17)5-7-23-22(21)10-11-26(3)24(8-9-25(23)26)18(2)15-29-16-19(13-27)14-28-29/h14,16-17,20-25H,2,4-12,15H2,1,3H3. The van der Waals surface area contributed by atoms with Crippen molar-refractivity contribution in [3.63, 3.8) is 0 Å². The molecule has 4 saturated carbocycles. The third-order valence-corrected chi connectivity index (χ3v) is 9.84. The number of hydrogen-bond acceptors (Lipinski definition) is 2. The summed E-state index contributed by atoms with van der Waals surface area (Å²) >= 11 is 0. The average Bonchev–Trinajstić information content (AvgIpc) is 3.30. The Balaban J connectivity index is 1.31. The molecule has 4 aliphatic carbocycles. The zero-order valence-corrected chi connectivity index (χ0v) is 18.3. The second kappa shape index (κ2) is 7.29. The molecular formula is C26H37N3. The maximum atomic E-state index is 9.07. The Morgan fingerprint density at radius 1 is 1.17 bits per heavy atom. The molecule has 1 aromatic heterocycles. The third-order valence-electron chi connectivity index (χ3n) is 9.84. The molecule has 4 aliphatic rings. The molecule has 1 aromatic rings. The fourth-order valence-electron chi connectivity index (χ4n) is 8.58. The SMILES string of the molecule is C=C(Cn1cc(C#N)cn1)C1CCC2C3CCC4CC(C)CCC4C3CCC12C. The smallest absolute Gasteiger partial charge is 0.102 e. The maximum Gasteiger partial charge on any atom is 0.102 e. The van der Waals surface area contributed by atoms with Crippen molar-refractivity contribution in [3.8, 4) is 6.07 Å². The number of aromatic nitrogens is 2. The Labute approximate surface area is 176 Å². The van der Waals surface area contributed by atoms with E-state index in [9.17, 15) is 0 Å². The van der Waals surface area contributed by atoms with Gasteiger partial charge in [-0.05, 0) is 98.2 Å². The fourth-order valence-corrected chi connectivity index (χ4v) is 8.58. The number of nitrogens with zero attached hydrogens (tertiary/aromatic N) is 3. The Morgan fingerprint density at radius 3 is 2.79 bits per heavy atom. The number of rotatable bonds is 3. The van der Waals surface area contributed by atoms with Crippen LogP contribution in [0, 0.1) is 58.2 Å². The van der Waals surface area contributed by atoms with Crippen molar-refractivity contribution in [2.45, 2.75) is 78.2 Å². The van der Waals surface area contributed by atoms with Crippen LogP contribution in [0.4, 0.5) is 0 Å². The molecule has 5 rings (SSSR count). The lowest BCUT2D eigenvalue weighted by atomic mass is 9.49. The molecule has 0 amide bonds. The molecule has 4 fully saturated rings. The van der Waals surface area contributed by atoms with E-state index in [1.807, 2.05) is 10.9 Å². The van der Waals surface area contributed by atoms with Crippen LogP contribution in [0.2, 0.25) is 0 Å². The van der Waals surface area contributed by atoms with E-state index in [2.05, 4.69) is 31.6 Å². The molecule has 8 unspecified atom stereocenters. The van der Waals surface area contributed by atoms with Gasteiger partial charge in [0.1, 0.15) is 6.07 Å². The molecule has 3 heteroatoms. The van der Waals surface area contributed by atoms with Gasteiger partial charge in [-0.15, -0.1) is 0 Å². The van der Waals surface area contributed by atoms with Crippen LogP contribution >= 0.6 is 0 Å². The van der Waals surface area contributed by atoms with Gasteiger partial charge in [0, 0.05) is 6.20 Å². The van der Waals surface area contributed by atoms with E-state index in [4.69, 9.17) is 5.26 Å². The summed E-state index contributed by atoms with van der Waals surface area (Å²) in [6.07, 6.45) is 16.6. The quantitative estimate of drug-likeness (QED) is 0.574. The van der Waals surface area contributed by atoms with E-state index < -0.39 is 0 Å². The molecule has 1 heterocycles. The van der Waals surface area contributed by atoms with Crippen LogP contribution in [0.3, 0.4) is 0 Å². The minimum atomic E-state index is 0.429. The van der Waals surface area contributed by atoms with Gasteiger partial charge in [-0.2, -0.15) is 10.4 Å². The normalized spacial score (nSPS) is 43.7. The lowest BCUT2D eigenvalue weighted by molar-refractivity contribution is -0.0636. The summed E-state index contributed by atoms with van der Waals surface area (Å²) < 4.78 is 1.91. The van der Waals surface area contributed by atoms with Gasteiger partial charge >= 0.3 is 0 Å². The van der Waals surface area contributed by atoms with Crippen molar-refractivity contribution < 1.29 is 0 Å². The van der Waals surface area contributed by atoms with Crippen molar-refractivity contribution in [1.82, 2.24) is 9.78 Å². The van der Waals surface area contributed by atoms with Gasteiger partial charge in [0.05, 0.1) is 18.3 Å². The summed E-state index contributed by atoms with van der Waals surface area (Å²) in [6.45, 7) is 10.4. The molecule has 0 spiro atoms. The number of nitriles is 1. The van der Waals surface area contributed by atoms with E-state index in [0.717, 1.165) is 42.1 Å². The van der Waals surface area contributed by atoms with Crippen molar-refractivity contribution in [1.29, 1.82) is 5.26 Å². The van der Waals surface area contributed by atoms with Crippen LogP contribution in [0.1, 0.15) is 77.2 Å². The lowest BCUT2D eigenvalue weighted by Gasteiger charge is -2.56. The van der Waals surface area contributed by atoms with Gasteiger partial charge < -0.3 is 0 Å². The van der Waals surface area contributed by atoms with Crippen molar-refractivity contribution in [2.24, 2.45) is 46.8 Å². The molecule has 0 N–H and O–H groups in total. The van der Waals surface area contributed by atoms with Gasteiger partial charge in [-0.1, -0.05) is 32.4 Å². The highest BCUT2D eigenvalue weighted by Gasteiger charge is 2.57. The Bertz CT molecular complexity index is 816. The third kappa shape index (κ3) is 3.18. The molecule has 0 radical (unpaired) electrons. The molecule has 156 valence electrons. The second-order valence-corrected chi connectivity index (χ2v) is 11.2. The zero-order chi connectivity index (χ0) is 20.2.